The molecule has 1 fully saturated rings. The number of halogens is 1. The molecule has 0 spiro atoms. The van der Waals surface area contributed by atoms with E-state index < -0.39 is 5.54 Å². The highest BCUT2D eigenvalue weighted by atomic mass is 79.9. The fraction of sp³-hybridized carbons (Fsp3) is 0.412. The van der Waals surface area contributed by atoms with Crippen molar-refractivity contribution in [1.29, 1.82) is 0 Å². The number of aryl methyl sites for hydroxylation is 1. The summed E-state index contributed by atoms with van der Waals surface area (Å²) in [6.45, 7) is 3.23. The summed E-state index contributed by atoms with van der Waals surface area (Å²) in [6.07, 6.45) is 4.86. The Bertz CT molecular complexity index is 708. The molecule has 2 aromatic rings. The topological polar surface area (TPSA) is 64.2 Å². The minimum absolute atomic E-state index is 0.0220. The van der Waals surface area contributed by atoms with Gasteiger partial charge in [0.1, 0.15) is 5.54 Å². The van der Waals surface area contributed by atoms with Crippen LogP contribution in [0.3, 0.4) is 0 Å². The van der Waals surface area contributed by atoms with Gasteiger partial charge in [-0.05, 0) is 36.6 Å². The summed E-state index contributed by atoms with van der Waals surface area (Å²) in [5.41, 5.74) is 7.38. The molecule has 0 saturated carbocycles. The van der Waals surface area contributed by atoms with Gasteiger partial charge >= 0.3 is 0 Å². The Balaban J connectivity index is 1.74. The lowest BCUT2D eigenvalue weighted by molar-refractivity contribution is -0.135. The molecule has 1 aliphatic rings. The molecule has 122 valence electrons. The first-order valence-corrected chi connectivity index (χ1v) is 8.50. The van der Waals surface area contributed by atoms with Gasteiger partial charge < -0.3 is 10.6 Å². The van der Waals surface area contributed by atoms with Gasteiger partial charge in [-0.25, -0.2) is 0 Å². The smallest absolute Gasteiger partial charge is 0.246 e. The molecule has 6 heteroatoms. The molecule has 23 heavy (non-hydrogen) atoms. The van der Waals surface area contributed by atoms with Gasteiger partial charge in [0.2, 0.25) is 5.91 Å². The highest BCUT2D eigenvalue weighted by Crippen LogP contribution is 2.30. The number of nitrogens with two attached hydrogens (primary N) is 1. The normalized spacial score (nSPS) is 20.5. The van der Waals surface area contributed by atoms with E-state index in [4.69, 9.17) is 5.73 Å². The number of rotatable bonds is 3. The van der Waals surface area contributed by atoms with E-state index >= 15 is 0 Å². The molecule has 2 heterocycles. The minimum atomic E-state index is -1.01. The molecule has 0 bridgehead atoms. The molecule has 2 unspecified atom stereocenters. The van der Waals surface area contributed by atoms with Crippen LogP contribution in [-0.4, -0.2) is 33.7 Å². The van der Waals surface area contributed by atoms with Crippen LogP contribution in [0.4, 0.5) is 0 Å². The molecule has 1 aromatic heterocycles. The third-order valence-electron chi connectivity index (χ3n) is 4.56. The standard InChI is InChI=1S/C17H21BrN4O/c1-17(19,14-3-5-15(18)6-4-14)16(23)22-8-7-12(11-22)13-9-20-21(2)10-13/h3-6,9-10,12H,7-8,11,19H2,1-2H3. The number of amides is 1. The molecular weight excluding hydrogens is 356 g/mol. The van der Waals surface area contributed by atoms with Crippen molar-refractivity contribution >= 4 is 21.8 Å². The summed E-state index contributed by atoms with van der Waals surface area (Å²) in [5, 5.41) is 4.22. The number of benzene rings is 1. The molecule has 2 atom stereocenters. The fourth-order valence-electron chi connectivity index (χ4n) is 3.12. The second-order valence-corrected chi connectivity index (χ2v) is 7.31. The molecular formula is C17H21BrN4O. The molecule has 3 rings (SSSR count). The van der Waals surface area contributed by atoms with E-state index in [0.29, 0.717) is 12.5 Å². The van der Waals surface area contributed by atoms with E-state index in [-0.39, 0.29) is 5.91 Å². The van der Waals surface area contributed by atoms with E-state index in [1.165, 1.54) is 5.56 Å². The van der Waals surface area contributed by atoms with Crippen LogP contribution in [0.25, 0.3) is 0 Å². The van der Waals surface area contributed by atoms with Gasteiger partial charge in [0, 0.05) is 36.7 Å². The molecule has 0 aliphatic carbocycles. The van der Waals surface area contributed by atoms with Crippen LogP contribution in [0.15, 0.2) is 41.1 Å². The van der Waals surface area contributed by atoms with Crippen molar-refractivity contribution in [2.75, 3.05) is 13.1 Å². The zero-order valence-corrected chi connectivity index (χ0v) is 15.0. The summed E-state index contributed by atoms with van der Waals surface area (Å²) in [4.78, 5) is 14.8. The van der Waals surface area contributed by atoms with Crippen LogP contribution in [0.1, 0.15) is 30.4 Å². The van der Waals surface area contributed by atoms with Gasteiger partial charge in [-0.1, -0.05) is 28.1 Å². The summed E-state index contributed by atoms with van der Waals surface area (Å²) in [5.74, 6) is 0.319. The number of hydrogen-bond donors (Lipinski definition) is 1. The molecule has 2 N–H and O–H groups in total. The molecule has 0 radical (unpaired) electrons. The number of carbonyl (C=O) groups is 1. The third kappa shape index (κ3) is 3.19. The first-order chi connectivity index (χ1) is 10.9. The molecule has 1 saturated heterocycles. The average Bonchev–Trinajstić information content (AvgIpc) is 3.15. The molecule has 1 aromatic carbocycles. The first kappa shape index (κ1) is 16.2. The number of carbonyl (C=O) groups excluding carboxylic acids is 1. The molecule has 5 nitrogen and oxygen atoms in total. The van der Waals surface area contributed by atoms with Gasteiger partial charge in [0.25, 0.3) is 0 Å². The summed E-state index contributed by atoms with van der Waals surface area (Å²) in [6, 6.07) is 7.62. The average molecular weight is 377 g/mol. The highest BCUT2D eigenvalue weighted by molar-refractivity contribution is 9.10. The number of aromatic nitrogens is 2. The van der Waals surface area contributed by atoms with Crippen LogP contribution in [0, 0.1) is 0 Å². The predicted octanol–water partition coefficient (Wildman–Crippen LogP) is 2.37. The van der Waals surface area contributed by atoms with Gasteiger partial charge in [0.05, 0.1) is 6.20 Å². The Morgan fingerprint density at radius 1 is 1.39 bits per heavy atom. The molecule has 1 aliphatic heterocycles. The van der Waals surface area contributed by atoms with Crippen molar-refractivity contribution in [2.45, 2.75) is 24.8 Å². The van der Waals surface area contributed by atoms with Gasteiger partial charge in [0.15, 0.2) is 0 Å². The van der Waals surface area contributed by atoms with Crippen molar-refractivity contribution in [3.05, 3.63) is 52.3 Å². The van der Waals surface area contributed by atoms with Crippen molar-refractivity contribution in [1.82, 2.24) is 14.7 Å². The quantitative estimate of drug-likeness (QED) is 0.893. The maximum Gasteiger partial charge on any atom is 0.246 e. The van der Waals surface area contributed by atoms with Crippen molar-refractivity contribution in [3.8, 4) is 0 Å². The predicted molar refractivity (Wildman–Crippen MR) is 92.8 cm³/mol. The summed E-state index contributed by atoms with van der Waals surface area (Å²) < 4.78 is 2.77. The minimum Gasteiger partial charge on any atom is -0.340 e. The van der Waals surface area contributed by atoms with Crippen molar-refractivity contribution in [3.63, 3.8) is 0 Å². The van der Waals surface area contributed by atoms with E-state index in [0.717, 1.165) is 23.0 Å². The van der Waals surface area contributed by atoms with Gasteiger partial charge in [-0.3, -0.25) is 9.48 Å². The number of hydrogen-bond acceptors (Lipinski definition) is 3. The van der Waals surface area contributed by atoms with Crippen LogP contribution in [0.5, 0.6) is 0 Å². The van der Waals surface area contributed by atoms with Crippen LogP contribution in [-0.2, 0) is 17.4 Å². The number of likely N-dealkylation sites (tertiary alicyclic amines) is 1. The largest absolute Gasteiger partial charge is 0.340 e. The number of nitrogens with zero attached hydrogens (tertiary/aromatic N) is 3. The zero-order chi connectivity index (χ0) is 16.6. The second-order valence-electron chi connectivity index (χ2n) is 6.39. The van der Waals surface area contributed by atoms with Gasteiger partial charge in [-0.15, -0.1) is 0 Å². The fourth-order valence-corrected chi connectivity index (χ4v) is 3.38. The maximum atomic E-state index is 12.9. The lowest BCUT2D eigenvalue weighted by Gasteiger charge is -2.29. The Labute approximate surface area is 144 Å². The Hall–Kier alpha value is -1.66. The van der Waals surface area contributed by atoms with Crippen molar-refractivity contribution in [2.24, 2.45) is 12.8 Å². The third-order valence-corrected chi connectivity index (χ3v) is 5.09. The maximum absolute atomic E-state index is 12.9. The van der Waals surface area contributed by atoms with Crippen LogP contribution >= 0.6 is 15.9 Å². The SMILES string of the molecule is Cn1cc(C2CCN(C(=O)C(C)(N)c3ccc(Br)cc3)C2)cn1. The summed E-state index contributed by atoms with van der Waals surface area (Å²) in [7, 11) is 1.91. The monoisotopic (exact) mass is 376 g/mol. The van der Waals surface area contributed by atoms with Crippen LogP contribution in [0.2, 0.25) is 0 Å². The van der Waals surface area contributed by atoms with Gasteiger partial charge in [-0.2, -0.15) is 5.10 Å². The Morgan fingerprint density at radius 2 is 2.09 bits per heavy atom. The molecule has 1 amide bonds. The lowest BCUT2D eigenvalue weighted by atomic mass is 9.91. The second kappa shape index (κ2) is 6.09. The van der Waals surface area contributed by atoms with Crippen molar-refractivity contribution < 1.29 is 4.79 Å². The van der Waals surface area contributed by atoms with E-state index in [2.05, 4.69) is 21.0 Å². The lowest BCUT2D eigenvalue weighted by Crippen LogP contribution is -2.50. The Kier molecular flexibility index (Phi) is 4.29. The Morgan fingerprint density at radius 3 is 2.70 bits per heavy atom. The van der Waals surface area contributed by atoms with E-state index in [9.17, 15) is 4.79 Å². The van der Waals surface area contributed by atoms with E-state index in [1.807, 2.05) is 48.6 Å². The first-order valence-electron chi connectivity index (χ1n) is 7.71. The highest BCUT2D eigenvalue weighted by Gasteiger charge is 2.38. The summed E-state index contributed by atoms with van der Waals surface area (Å²) >= 11 is 3.41. The zero-order valence-electron chi connectivity index (χ0n) is 13.4. The van der Waals surface area contributed by atoms with E-state index in [1.54, 1.807) is 11.6 Å². The van der Waals surface area contributed by atoms with Crippen LogP contribution < -0.4 is 5.73 Å².